The molecule has 3 nitrogen and oxygen atoms in total. The molecule has 1 aromatic carbocycles. The molecule has 0 unspecified atom stereocenters. The first-order valence-electron chi connectivity index (χ1n) is 5.68. The van der Waals surface area contributed by atoms with Crippen LogP contribution in [0.1, 0.15) is 27.2 Å². The monoisotopic (exact) mass is 298 g/mol. The first-order valence-corrected chi connectivity index (χ1v) is 6.47. The molecule has 0 fully saturated rings. The molecule has 1 amide bonds. The van der Waals surface area contributed by atoms with Crippen molar-refractivity contribution in [3.63, 3.8) is 0 Å². The first-order chi connectivity index (χ1) is 7.88. The molecular formula is C13H19BrN2O. The molecule has 0 radical (unpaired) electrons. The van der Waals surface area contributed by atoms with Crippen LogP contribution < -0.4 is 10.6 Å². The average Bonchev–Trinajstić information content (AvgIpc) is 2.18. The highest BCUT2D eigenvalue weighted by Gasteiger charge is 2.12. The number of rotatable bonds is 4. The Morgan fingerprint density at radius 3 is 2.53 bits per heavy atom. The molecule has 1 rings (SSSR count). The van der Waals surface area contributed by atoms with Crippen LogP contribution in [0.5, 0.6) is 0 Å². The fourth-order valence-corrected chi connectivity index (χ4v) is 1.82. The summed E-state index contributed by atoms with van der Waals surface area (Å²) in [5.41, 5.74) is 0.848. The molecule has 0 aromatic heterocycles. The number of carbonyl (C=O) groups excluding carboxylic acids is 1. The van der Waals surface area contributed by atoms with E-state index in [-0.39, 0.29) is 11.4 Å². The van der Waals surface area contributed by atoms with Crippen molar-refractivity contribution in [2.75, 3.05) is 11.9 Å². The summed E-state index contributed by atoms with van der Waals surface area (Å²) in [6.45, 7) is 6.56. The highest BCUT2D eigenvalue weighted by atomic mass is 79.9. The number of hydrogen-bond donors (Lipinski definition) is 2. The number of para-hydroxylation sites is 1. The van der Waals surface area contributed by atoms with E-state index in [0.29, 0.717) is 13.0 Å². The molecule has 1 aromatic rings. The normalized spacial score (nSPS) is 11.1. The van der Waals surface area contributed by atoms with Crippen molar-refractivity contribution in [2.24, 2.45) is 0 Å². The fraction of sp³-hybridized carbons (Fsp3) is 0.462. The largest absolute Gasteiger partial charge is 0.384 e. The van der Waals surface area contributed by atoms with E-state index in [9.17, 15) is 4.79 Å². The average molecular weight is 299 g/mol. The minimum Gasteiger partial charge on any atom is -0.384 e. The molecule has 0 aliphatic carbocycles. The zero-order chi connectivity index (χ0) is 12.9. The van der Waals surface area contributed by atoms with Crippen molar-refractivity contribution < 1.29 is 4.79 Å². The lowest BCUT2D eigenvalue weighted by Crippen LogP contribution is -2.41. The molecule has 0 spiro atoms. The van der Waals surface area contributed by atoms with E-state index >= 15 is 0 Å². The smallest absolute Gasteiger partial charge is 0.222 e. The number of carbonyl (C=O) groups is 1. The Morgan fingerprint density at radius 1 is 1.29 bits per heavy atom. The van der Waals surface area contributed by atoms with Gasteiger partial charge >= 0.3 is 0 Å². The van der Waals surface area contributed by atoms with Crippen molar-refractivity contribution in [2.45, 2.75) is 32.7 Å². The molecule has 0 atom stereocenters. The van der Waals surface area contributed by atoms with Gasteiger partial charge in [0.25, 0.3) is 0 Å². The Hall–Kier alpha value is -1.03. The van der Waals surface area contributed by atoms with E-state index in [1.165, 1.54) is 0 Å². The van der Waals surface area contributed by atoms with E-state index in [1.54, 1.807) is 0 Å². The van der Waals surface area contributed by atoms with Crippen LogP contribution >= 0.6 is 15.9 Å². The Bertz CT molecular complexity index is 385. The van der Waals surface area contributed by atoms with Gasteiger partial charge in [-0.05, 0) is 48.8 Å². The molecule has 2 N–H and O–H groups in total. The molecule has 4 heteroatoms. The van der Waals surface area contributed by atoms with Crippen molar-refractivity contribution in [3.05, 3.63) is 28.7 Å². The van der Waals surface area contributed by atoms with E-state index < -0.39 is 0 Å². The zero-order valence-corrected chi connectivity index (χ0v) is 12.1. The molecule has 0 bridgehead atoms. The summed E-state index contributed by atoms with van der Waals surface area (Å²) in [6.07, 6.45) is 0.471. The first kappa shape index (κ1) is 14.0. The highest BCUT2D eigenvalue weighted by molar-refractivity contribution is 9.10. The number of benzene rings is 1. The second-order valence-electron chi connectivity index (χ2n) is 4.95. The van der Waals surface area contributed by atoms with Crippen molar-refractivity contribution in [1.29, 1.82) is 0 Å². The van der Waals surface area contributed by atoms with Crippen LogP contribution in [0.15, 0.2) is 28.7 Å². The van der Waals surface area contributed by atoms with Crippen LogP contribution in [0.4, 0.5) is 5.69 Å². The van der Waals surface area contributed by atoms with Gasteiger partial charge in [0.2, 0.25) is 5.91 Å². The van der Waals surface area contributed by atoms with Crippen molar-refractivity contribution in [1.82, 2.24) is 5.32 Å². The Labute approximate surface area is 111 Å². The summed E-state index contributed by atoms with van der Waals surface area (Å²) in [5.74, 6) is 0.0667. The number of amides is 1. The third-order valence-electron chi connectivity index (χ3n) is 2.06. The maximum Gasteiger partial charge on any atom is 0.222 e. The Morgan fingerprint density at radius 2 is 1.94 bits per heavy atom. The van der Waals surface area contributed by atoms with Gasteiger partial charge in [0.1, 0.15) is 0 Å². The summed E-state index contributed by atoms with van der Waals surface area (Å²) in [6, 6.07) is 7.87. The van der Waals surface area contributed by atoms with Crippen molar-refractivity contribution in [3.8, 4) is 0 Å². The SMILES string of the molecule is CC(C)(C)NC(=O)CCNc1ccccc1Br. The Balaban J connectivity index is 2.34. The molecular weight excluding hydrogens is 280 g/mol. The second kappa shape index (κ2) is 6.05. The second-order valence-corrected chi connectivity index (χ2v) is 5.81. The van der Waals surface area contributed by atoms with Crippen LogP contribution in [0.2, 0.25) is 0 Å². The molecule has 17 heavy (non-hydrogen) atoms. The third kappa shape index (κ3) is 5.73. The van der Waals surface area contributed by atoms with E-state index in [2.05, 4.69) is 26.6 Å². The highest BCUT2D eigenvalue weighted by Crippen LogP contribution is 2.20. The molecule has 0 saturated carbocycles. The van der Waals surface area contributed by atoms with Crippen LogP contribution in [0.3, 0.4) is 0 Å². The van der Waals surface area contributed by atoms with Gasteiger partial charge in [0.15, 0.2) is 0 Å². The summed E-state index contributed by atoms with van der Waals surface area (Å²) in [5, 5.41) is 6.15. The zero-order valence-electron chi connectivity index (χ0n) is 10.5. The molecule has 0 heterocycles. The quantitative estimate of drug-likeness (QED) is 0.896. The van der Waals surface area contributed by atoms with Gasteiger partial charge in [0, 0.05) is 28.7 Å². The summed E-state index contributed by atoms with van der Waals surface area (Å²) < 4.78 is 1.01. The standard InChI is InChI=1S/C13H19BrN2O/c1-13(2,3)16-12(17)8-9-15-11-7-5-4-6-10(11)14/h4-7,15H,8-9H2,1-3H3,(H,16,17). The topological polar surface area (TPSA) is 41.1 Å². The van der Waals surface area contributed by atoms with Gasteiger partial charge in [-0.15, -0.1) is 0 Å². The summed E-state index contributed by atoms with van der Waals surface area (Å²) in [4.78, 5) is 11.6. The van der Waals surface area contributed by atoms with E-state index in [4.69, 9.17) is 0 Å². The lowest BCUT2D eigenvalue weighted by atomic mass is 10.1. The van der Waals surface area contributed by atoms with Crippen LogP contribution in [-0.2, 0) is 4.79 Å². The third-order valence-corrected chi connectivity index (χ3v) is 2.75. The van der Waals surface area contributed by atoms with Gasteiger partial charge in [-0.25, -0.2) is 0 Å². The lowest BCUT2D eigenvalue weighted by Gasteiger charge is -2.20. The summed E-state index contributed by atoms with van der Waals surface area (Å²) in [7, 11) is 0. The predicted molar refractivity (Wildman–Crippen MR) is 75.1 cm³/mol. The lowest BCUT2D eigenvalue weighted by molar-refractivity contribution is -0.122. The maximum absolute atomic E-state index is 11.6. The van der Waals surface area contributed by atoms with E-state index in [1.807, 2.05) is 45.0 Å². The number of halogens is 1. The maximum atomic E-state index is 11.6. The number of anilines is 1. The fourth-order valence-electron chi connectivity index (χ4n) is 1.40. The van der Waals surface area contributed by atoms with Gasteiger partial charge in [0.05, 0.1) is 0 Å². The van der Waals surface area contributed by atoms with Gasteiger partial charge in [-0.2, -0.15) is 0 Å². The Kier molecular flexibility index (Phi) is 5.00. The van der Waals surface area contributed by atoms with Gasteiger partial charge in [-0.1, -0.05) is 12.1 Å². The van der Waals surface area contributed by atoms with Crippen molar-refractivity contribution >= 4 is 27.5 Å². The summed E-state index contributed by atoms with van der Waals surface area (Å²) >= 11 is 3.45. The van der Waals surface area contributed by atoms with E-state index in [0.717, 1.165) is 10.2 Å². The minimum atomic E-state index is -0.162. The molecule has 0 aliphatic rings. The minimum absolute atomic E-state index is 0.0667. The molecule has 0 aliphatic heterocycles. The number of hydrogen-bond acceptors (Lipinski definition) is 2. The predicted octanol–water partition coefficient (Wildman–Crippen LogP) is 3.17. The molecule has 94 valence electrons. The van der Waals surface area contributed by atoms with Crippen LogP contribution in [0, 0.1) is 0 Å². The van der Waals surface area contributed by atoms with Crippen LogP contribution in [0.25, 0.3) is 0 Å². The molecule has 0 saturated heterocycles. The van der Waals surface area contributed by atoms with Gasteiger partial charge in [-0.3, -0.25) is 4.79 Å². The van der Waals surface area contributed by atoms with Gasteiger partial charge < -0.3 is 10.6 Å². The number of nitrogens with one attached hydrogen (secondary N) is 2. The van der Waals surface area contributed by atoms with Crippen LogP contribution in [-0.4, -0.2) is 18.0 Å².